The van der Waals surface area contributed by atoms with Gasteiger partial charge in [0, 0.05) is 42.0 Å². The number of amides is 1. The van der Waals surface area contributed by atoms with Crippen molar-refractivity contribution in [3.63, 3.8) is 0 Å². The van der Waals surface area contributed by atoms with Crippen LogP contribution in [0.2, 0.25) is 0 Å². The number of ether oxygens (including phenoxy) is 1. The second-order valence-corrected chi connectivity index (χ2v) is 10.6. The van der Waals surface area contributed by atoms with E-state index < -0.39 is 0 Å². The first-order valence-corrected chi connectivity index (χ1v) is 13.7. The minimum Gasteiger partial charge on any atom is -0.383 e. The largest absolute Gasteiger partial charge is 0.383 e. The van der Waals surface area contributed by atoms with Crippen molar-refractivity contribution in [1.29, 1.82) is 0 Å². The molecule has 3 atom stereocenters. The number of Topliss-reactive ketones (excluding diaryl/α,β-unsaturated/α-hetero) is 1. The molecule has 1 fully saturated rings. The van der Waals surface area contributed by atoms with Crippen LogP contribution in [-0.2, 0) is 4.74 Å². The number of hydrogen-bond acceptors (Lipinski definition) is 9. The maximum absolute atomic E-state index is 13.3. The predicted octanol–water partition coefficient (Wildman–Crippen LogP) is 3.78. The van der Waals surface area contributed by atoms with Gasteiger partial charge in [0.2, 0.25) is 5.82 Å². The van der Waals surface area contributed by atoms with Crippen LogP contribution in [0.25, 0.3) is 28.0 Å². The lowest BCUT2D eigenvalue weighted by Gasteiger charge is -2.43. The number of nitrogens with two attached hydrogens (primary N) is 1. The fourth-order valence-corrected chi connectivity index (χ4v) is 6.01. The number of piperidine rings is 1. The molecule has 12 nitrogen and oxygen atoms in total. The van der Waals surface area contributed by atoms with Crippen LogP contribution < -0.4 is 5.73 Å². The summed E-state index contributed by atoms with van der Waals surface area (Å²) in [5.41, 5.74) is 11.5. The average molecular weight is 566 g/mol. The van der Waals surface area contributed by atoms with Gasteiger partial charge in [-0.05, 0) is 32.8 Å². The maximum atomic E-state index is 13.3. The van der Waals surface area contributed by atoms with E-state index in [0.29, 0.717) is 36.4 Å². The number of aromatic amines is 1. The van der Waals surface area contributed by atoms with E-state index in [2.05, 4.69) is 25.3 Å². The summed E-state index contributed by atoms with van der Waals surface area (Å²) in [6.07, 6.45) is 5.95. The number of carbonyl (C=O) groups excluding carboxylic acids is 2. The summed E-state index contributed by atoms with van der Waals surface area (Å²) in [5, 5.41) is 11.1. The van der Waals surface area contributed by atoms with Crippen LogP contribution in [-0.4, -0.2) is 77.2 Å². The Morgan fingerprint density at radius 2 is 1.88 bits per heavy atom. The minimum absolute atomic E-state index is 0.102. The van der Waals surface area contributed by atoms with Crippen LogP contribution in [0, 0.1) is 0 Å². The van der Waals surface area contributed by atoms with Crippen molar-refractivity contribution in [2.24, 2.45) is 0 Å². The highest BCUT2D eigenvalue weighted by Gasteiger charge is 2.40. The van der Waals surface area contributed by atoms with Crippen molar-refractivity contribution in [2.75, 3.05) is 19.5 Å². The standard InChI is InChI=1S/C30H31N9O3/c1-17-11-21(12-22(15-42-3)38(17)30(41)28-33-16-34-37-28)26-25(18(2)40)27(31)39-29(36-26)23(14-35-39)20-9-10-24(32-13-20)19-7-5-4-6-8-19/h4-10,13-14,16-17,21-22H,11-12,15,31H2,1-3H3,(H,33,34,37). The first-order valence-electron chi connectivity index (χ1n) is 13.7. The molecule has 0 bridgehead atoms. The number of rotatable bonds is 7. The number of pyridine rings is 1. The molecule has 1 aliphatic heterocycles. The van der Waals surface area contributed by atoms with Gasteiger partial charge < -0.3 is 15.4 Å². The van der Waals surface area contributed by atoms with Gasteiger partial charge >= 0.3 is 0 Å². The molecular weight excluding hydrogens is 534 g/mol. The lowest BCUT2D eigenvalue weighted by molar-refractivity contribution is 0.0205. The van der Waals surface area contributed by atoms with Crippen molar-refractivity contribution in [2.45, 2.75) is 44.7 Å². The minimum atomic E-state index is -0.284. The van der Waals surface area contributed by atoms with E-state index >= 15 is 0 Å². The van der Waals surface area contributed by atoms with E-state index in [1.807, 2.05) is 49.4 Å². The summed E-state index contributed by atoms with van der Waals surface area (Å²) in [5.74, 6) is -0.298. The number of carbonyl (C=O) groups is 2. The molecule has 1 amide bonds. The SMILES string of the molecule is COCC1CC(c2nc3c(-c4ccc(-c5ccccc5)nc4)cnn3c(N)c2C(C)=O)CC(C)N1C(=O)c1nc[nH]n1. The Balaban J connectivity index is 1.40. The number of nitrogens with zero attached hydrogens (tertiary/aromatic N) is 7. The van der Waals surface area contributed by atoms with E-state index in [1.54, 1.807) is 24.4 Å². The zero-order valence-corrected chi connectivity index (χ0v) is 23.6. The highest BCUT2D eigenvalue weighted by Crippen LogP contribution is 2.39. The smallest absolute Gasteiger partial charge is 0.294 e. The van der Waals surface area contributed by atoms with Gasteiger partial charge in [-0.15, -0.1) is 5.10 Å². The second kappa shape index (κ2) is 11.1. The predicted molar refractivity (Wildman–Crippen MR) is 156 cm³/mol. The first-order chi connectivity index (χ1) is 20.4. The van der Waals surface area contributed by atoms with Crippen molar-refractivity contribution in [3.05, 3.63) is 78.3 Å². The summed E-state index contributed by atoms with van der Waals surface area (Å²) in [4.78, 5) is 41.8. The molecule has 0 spiro atoms. The second-order valence-electron chi connectivity index (χ2n) is 10.6. The average Bonchev–Trinajstić information content (AvgIpc) is 3.68. The zero-order valence-electron chi connectivity index (χ0n) is 23.6. The Labute approximate surface area is 242 Å². The number of fused-ring (bicyclic) bond motifs is 1. The fraction of sp³-hybridized carbons (Fsp3) is 0.300. The van der Waals surface area contributed by atoms with Crippen LogP contribution >= 0.6 is 0 Å². The number of nitrogen functional groups attached to an aromatic ring is 1. The highest BCUT2D eigenvalue weighted by atomic mass is 16.5. The molecule has 0 saturated carbocycles. The molecule has 1 aliphatic rings. The molecule has 4 aromatic heterocycles. The van der Waals surface area contributed by atoms with Gasteiger partial charge in [-0.3, -0.25) is 19.7 Å². The third-order valence-electron chi connectivity index (χ3n) is 7.84. The van der Waals surface area contributed by atoms with Gasteiger partial charge in [-0.2, -0.15) is 9.61 Å². The molecule has 3 N–H and O–H groups in total. The topological polar surface area (TPSA) is 157 Å². The summed E-state index contributed by atoms with van der Waals surface area (Å²) < 4.78 is 7.03. The number of likely N-dealkylation sites (tertiary alicyclic amines) is 1. The molecule has 5 heterocycles. The lowest BCUT2D eigenvalue weighted by Crippen LogP contribution is -2.53. The molecule has 0 radical (unpaired) electrons. The van der Waals surface area contributed by atoms with Gasteiger partial charge in [0.25, 0.3) is 5.91 Å². The van der Waals surface area contributed by atoms with Crippen molar-refractivity contribution >= 4 is 23.2 Å². The molecule has 42 heavy (non-hydrogen) atoms. The number of hydrogen-bond donors (Lipinski definition) is 2. The molecule has 214 valence electrons. The van der Waals surface area contributed by atoms with E-state index in [9.17, 15) is 9.59 Å². The van der Waals surface area contributed by atoms with Crippen molar-refractivity contribution in [1.82, 2.24) is 39.7 Å². The fourth-order valence-electron chi connectivity index (χ4n) is 6.01. The highest BCUT2D eigenvalue weighted by molar-refractivity contribution is 6.00. The van der Waals surface area contributed by atoms with Gasteiger partial charge in [-0.1, -0.05) is 36.4 Å². The number of aromatic nitrogens is 7. The molecule has 1 saturated heterocycles. The number of nitrogens with one attached hydrogen (secondary N) is 1. The number of benzene rings is 1. The van der Waals surface area contributed by atoms with Gasteiger partial charge in [0.15, 0.2) is 11.4 Å². The van der Waals surface area contributed by atoms with E-state index in [1.165, 1.54) is 17.8 Å². The quantitative estimate of drug-likeness (QED) is 0.280. The Bertz CT molecular complexity index is 1730. The Hall–Kier alpha value is -4.97. The van der Waals surface area contributed by atoms with Crippen LogP contribution in [0.4, 0.5) is 5.82 Å². The van der Waals surface area contributed by atoms with Crippen LogP contribution in [0.3, 0.4) is 0 Å². The number of ketones is 1. The monoisotopic (exact) mass is 565 g/mol. The Morgan fingerprint density at radius 3 is 2.55 bits per heavy atom. The summed E-state index contributed by atoms with van der Waals surface area (Å²) >= 11 is 0. The molecular formula is C30H31N9O3. The third kappa shape index (κ3) is 4.79. The van der Waals surface area contributed by atoms with Crippen LogP contribution in [0.1, 0.15) is 59.3 Å². The van der Waals surface area contributed by atoms with E-state index in [-0.39, 0.29) is 41.3 Å². The molecule has 12 heteroatoms. The summed E-state index contributed by atoms with van der Waals surface area (Å²) in [7, 11) is 1.60. The maximum Gasteiger partial charge on any atom is 0.294 e. The third-order valence-corrected chi connectivity index (χ3v) is 7.84. The molecule has 1 aromatic carbocycles. The van der Waals surface area contributed by atoms with Gasteiger partial charge in [0.05, 0.1) is 35.8 Å². The van der Waals surface area contributed by atoms with E-state index in [0.717, 1.165) is 22.4 Å². The van der Waals surface area contributed by atoms with Gasteiger partial charge in [-0.25, -0.2) is 9.97 Å². The lowest BCUT2D eigenvalue weighted by atomic mass is 9.82. The number of anilines is 1. The molecule has 5 aromatic rings. The summed E-state index contributed by atoms with van der Waals surface area (Å²) in [6.45, 7) is 3.76. The number of methoxy groups -OCH3 is 1. The normalized spacial score (nSPS) is 18.8. The molecule has 6 rings (SSSR count). The first kappa shape index (κ1) is 27.2. The Kier molecular flexibility index (Phi) is 7.21. The molecule has 0 aliphatic carbocycles. The summed E-state index contributed by atoms with van der Waals surface area (Å²) in [6, 6.07) is 13.4. The van der Waals surface area contributed by atoms with Crippen LogP contribution in [0.5, 0.6) is 0 Å². The van der Waals surface area contributed by atoms with Crippen LogP contribution in [0.15, 0.2) is 61.2 Å². The van der Waals surface area contributed by atoms with Gasteiger partial charge in [0.1, 0.15) is 12.1 Å². The van der Waals surface area contributed by atoms with E-state index in [4.69, 9.17) is 15.5 Å². The number of H-pyrrole nitrogens is 1. The zero-order chi connectivity index (χ0) is 29.4. The Morgan fingerprint density at radius 1 is 1.07 bits per heavy atom. The van der Waals surface area contributed by atoms with Crippen molar-refractivity contribution < 1.29 is 14.3 Å². The van der Waals surface area contributed by atoms with Crippen molar-refractivity contribution in [3.8, 4) is 22.4 Å². The molecule has 3 unspecified atom stereocenters.